The van der Waals surface area contributed by atoms with Gasteiger partial charge in [-0.15, -0.1) is 0 Å². The van der Waals surface area contributed by atoms with Crippen LogP contribution in [0.4, 0.5) is 4.79 Å². The van der Waals surface area contributed by atoms with Gasteiger partial charge in [0, 0.05) is 0 Å². The maximum Gasteiger partial charge on any atom is 0.408 e. The molecule has 0 saturated carbocycles. The summed E-state index contributed by atoms with van der Waals surface area (Å²) in [4.78, 5) is 35.0. The molecule has 142 valence electrons. The normalized spacial score (nSPS) is 11.1. The molecule has 0 unspecified atom stereocenters. The molecule has 2 aromatic carbocycles. The van der Waals surface area contributed by atoms with E-state index in [9.17, 15) is 14.4 Å². The Balaban J connectivity index is 1.74. The zero-order valence-corrected chi connectivity index (χ0v) is 14.5. The Hall–Kier alpha value is -3.55. The molecule has 1 atom stereocenters. The van der Waals surface area contributed by atoms with Gasteiger partial charge in [0.15, 0.2) is 0 Å². The lowest BCUT2D eigenvalue weighted by molar-refractivity contribution is -0.143. The largest absolute Gasteiger partial charge is 0.492 e. The smallest absolute Gasteiger partial charge is 0.408 e. The minimum Gasteiger partial charge on any atom is -0.492 e. The number of para-hydroxylation sites is 1. The second-order valence-corrected chi connectivity index (χ2v) is 5.43. The predicted octanol–water partition coefficient (Wildman–Crippen LogP) is 1.56. The van der Waals surface area contributed by atoms with Crippen molar-refractivity contribution in [3.8, 4) is 5.75 Å². The van der Waals surface area contributed by atoms with E-state index in [1.807, 2.05) is 17.4 Å². The molecular formula is C19H20N2O6. The maximum atomic E-state index is 12.0. The third-order valence-electron chi connectivity index (χ3n) is 3.40. The molecule has 0 aliphatic rings. The van der Waals surface area contributed by atoms with E-state index >= 15 is 0 Å². The molecule has 0 heterocycles. The zero-order valence-electron chi connectivity index (χ0n) is 14.5. The number of carboxylic acid groups (broad SMARTS) is 1. The quantitative estimate of drug-likeness (QED) is 0.455. The van der Waals surface area contributed by atoms with Gasteiger partial charge in [0.1, 0.15) is 19.0 Å². The molecule has 0 spiro atoms. The van der Waals surface area contributed by atoms with Gasteiger partial charge in [-0.3, -0.25) is 10.1 Å². The minimum atomic E-state index is -1.76. The first-order chi connectivity index (χ1) is 13.1. The summed E-state index contributed by atoms with van der Waals surface area (Å²) in [5, 5.41) is 13.6. The number of nitrogens with one attached hydrogen (secondary N) is 2. The van der Waals surface area contributed by atoms with Crippen LogP contribution in [0.3, 0.4) is 0 Å². The fraction of sp³-hybridized carbons (Fsp3) is 0.211. The topological polar surface area (TPSA) is 114 Å². The van der Waals surface area contributed by atoms with Gasteiger partial charge >= 0.3 is 12.1 Å². The number of carbonyl (C=O) groups is 3. The number of alkyl carbamates (subject to hydrolysis) is 1. The van der Waals surface area contributed by atoms with Crippen molar-refractivity contribution in [3.05, 3.63) is 66.2 Å². The van der Waals surface area contributed by atoms with E-state index in [0.29, 0.717) is 5.75 Å². The van der Waals surface area contributed by atoms with Crippen molar-refractivity contribution in [1.82, 2.24) is 10.6 Å². The second kappa shape index (κ2) is 10.4. The number of carbonyl (C=O) groups excluding carboxylic acids is 2. The van der Waals surface area contributed by atoms with Gasteiger partial charge in [0.25, 0.3) is 5.91 Å². The van der Waals surface area contributed by atoms with Crippen LogP contribution in [0.5, 0.6) is 5.75 Å². The highest BCUT2D eigenvalue weighted by molar-refractivity contribution is 6.03. The Morgan fingerprint density at radius 2 is 1.59 bits per heavy atom. The average Bonchev–Trinajstić information content (AvgIpc) is 2.69. The lowest BCUT2D eigenvalue weighted by atomic mass is 10.2. The molecule has 0 aliphatic carbocycles. The highest BCUT2D eigenvalue weighted by Crippen LogP contribution is 2.07. The lowest BCUT2D eigenvalue weighted by Gasteiger charge is -2.15. The fourth-order valence-corrected chi connectivity index (χ4v) is 2.08. The first-order valence-electron chi connectivity index (χ1n) is 8.22. The number of rotatable bonds is 9. The van der Waals surface area contributed by atoms with Crippen molar-refractivity contribution in [2.24, 2.45) is 0 Å². The molecule has 0 bridgehead atoms. The maximum absolute atomic E-state index is 12.0. The Morgan fingerprint density at radius 3 is 2.22 bits per heavy atom. The molecule has 0 saturated heterocycles. The number of amides is 2. The van der Waals surface area contributed by atoms with E-state index in [2.05, 4.69) is 5.32 Å². The molecule has 8 heteroatoms. The van der Waals surface area contributed by atoms with Crippen molar-refractivity contribution in [2.45, 2.75) is 12.6 Å². The van der Waals surface area contributed by atoms with E-state index in [0.717, 1.165) is 5.56 Å². The van der Waals surface area contributed by atoms with Gasteiger partial charge < -0.3 is 19.9 Å². The molecule has 3 N–H and O–H groups in total. The van der Waals surface area contributed by atoms with Crippen LogP contribution in [0.2, 0.25) is 0 Å². The van der Waals surface area contributed by atoms with E-state index in [-0.39, 0.29) is 19.8 Å². The number of aliphatic carboxylic acids is 1. The highest BCUT2D eigenvalue weighted by atomic mass is 16.5. The highest BCUT2D eigenvalue weighted by Gasteiger charge is 2.28. The predicted molar refractivity (Wildman–Crippen MR) is 96.1 cm³/mol. The van der Waals surface area contributed by atoms with E-state index in [1.54, 1.807) is 48.5 Å². The van der Waals surface area contributed by atoms with Crippen LogP contribution in [0.25, 0.3) is 0 Å². The average molecular weight is 372 g/mol. The van der Waals surface area contributed by atoms with Gasteiger partial charge in [-0.05, 0) is 17.7 Å². The van der Waals surface area contributed by atoms with Gasteiger partial charge in [0.2, 0.25) is 6.04 Å². The summed E-state index contributed by atoms with van der Waals surface area (Å²) in [7, 11) is 0. The summed E-state index contributed by atoms with van der Waals surface area (Å²) in [6.07, 6.45) is -0.998. The van der Waals surface area contributed by atoms with Crippen LogP contribution in [-0.2, 0) is 20.9 Å². The Bertz CT molecular complexity index is 751. The van der Waals surface area contributed by atoms with Gasteiger partial charge in [-0.25, -0.2) is 9.59 Å². The van der Waals surface area contributed by atoms with Crippen LogP contribution < -0.4 is 15.4 Å². The molecule has 2 rings (SSSR count). The fourth-order valence-electron chi connectivity index (χ4n) is 2.08. The summed E-state index contributed by atoms with van der Waals surface area (Å²) in [6, 6.07) is 16.1. The van der Waals surface area contributed by atoms with Crippen LogP contribution >= 0.6 is 0 Å². The molecule has 0 aromatic heterocycles. The first-order valence-corrected chi connectivity index (χ1v) is 8.22. The standard InChI is InChI=1S/C19H20N2O6/c22-17(20-11-12-26-15-9-5-2-6-10-15)16(18(23)24)21-19(25)27-13-14-7-3-1-4-8-14/h1-10,16H,11-13H2,(H,20,22)(H,21,25)(H,23,24)/t16-/m0/s1. The van der Waals surface area contributed by atoms with Gasteiger partial charge in [0.05, 0.1) is 6.54 Å². The summed E-state index contributed by atoms with van der Waals surface area (Å²) >= 11 is 0. The third-order valence-corrected chi connectivity index (χ3v) is 3.40. The monoisotopic (exact) mass is 372 g/mol. The lowest BCUT2D eigenvalue weighted by Crippen LogP contribution is -2.52. The van der Waals surface area contributed by atoms with E-state index < -0.39 is 24.0 Å². The van der Waals surface area contributed by atoms with Crippen molar-refractivity contribution in [3.63, 3.8) is 0 Å². The Kier molecular flexibility index (Phi) is 7.65. The summed E-state index contributed by atoms with van der Waals surface area (Å²) < 4.78 is 10.3. The molecule has 2 aromatic rings. The summed E-state index contributed by atoms with van der Waals surface area (Å²) in [6.45, 7) is 0.199. The molecule has 0 fully saturated rings. The van der Waals surface area contributed by atoms with Crippen LogP contribution in [0.1, 0.15) is 5.56 Å². The van der Waals surface area contributed by atoms with E-state index in [1.165, 1.54) is 0 Å². The van der Waals surface area contributed by atoms with E-state index in [4.69, 9.17) is 14.6 Å². The Labute approximate surface area is 156 Å². The number of benzene rings is 2. The Morgan fingerprint density at radius 1 is 0.963 bits per heavy atom. The van der Waals surface area contributed by atoms with Gasteiger partial charge in [-0.2, -0.15) is 0 Å². The summed E-state index contributed by atoms with van der Waals surface area (Å²) in [5.41, 5.74) is 0.738. The third kappa shape index (κ3) is 7.07. The SMILES string of the molecule is O=C(N[C@H](C(=O)O)C(=O)NCCOc1ccccc1)OCc1ccccc1. The molecule has 27 heavy (non-hydrogen) atoms. The number of hydrogen-bond acceptors (Lipinski definition) is 5. The zero-order chi connectivity index (χ0) is 19.5. The van der Waals surface area contributed by atoms with Crippen LogP contribution in [0, 0.1) is 0 Å². The number of hydrogen-bond donors (Lipinski definition) is 3. The van der Waals surface area contributed by atoms with Crippen molar-refractivity contribution < 1.29 is 29.0 Å². The van der Waals surface area contributed by atoms with Crippen molar-refractivity contribution in [1.29, 1.82) is 0 Å². The van der Waals surface area contributed by atoms with Crippen LogP contribution in [0.15, 0.2) is 60.7 Å². The molecule has 8 nitrogen and oxygen atoms in total. The second-order valence-electron chi connectivity index (χ2n) is 5.43. The summed E-state index contributed by atoms with van der Waals surface area (Å²) in [5.74, 6) is -1.73. The van der Waals surface area contributed by atoms with Crippen molar-refractivity contribution in [2.75, 3.05) is 13.2 Å². The molecule has 0 aliphatic heterocycles. The molecule has 2 amide bonds. The number of ether oxygens (including phenoxy) is 2. The minimum absolute atomic E-state index is 0.0362. The van der Waals surface area contributed by atoms with Gasteiger partial charge in [-0.1, -0.05) is 48.5 Å². The first kappa shape index (κ1) is 19.8. The van der Waals surface area contributed by atoms with Crippen molar-refractivity contribution >= 4 is 18.0 Å². The molecular weight excluding hydrogens is 352 g/mol. The number of carboxylic acids is 1. The molecule has 0 radical (unpaired) electrons. The van der Waals surface area contributed by atoms with Crippen LogP contribution in [-0.4, -0.2) is 42.3 Å².